The van der Waals surface area contributed by atoms with Crippen molar-refractivity contribution in [3.63, 3.8) is 0 Å². The molecule has 0 saturated heterocycles. The minimum absolute atomic E-state index is 0.00280. The Labute approximate surface area is 291 Å². The molecule has 2 aromatic carbocycles. The molecule has 12 heteroatoms. The molecule has 0 unspecified atom stereocenters. The van der Waals surface area contributed by atoms with Crippen LogP contribution >= 0.6 is 0 Å². The molecular weight excluding hydrogens is 643 g/mol. The zero-order chi connectivity index (χ0) is 35.4. The summed E-state index contributed by atoms with van der Waals surface area (Å²) >= 11 is 0. The van der Waals surface area contributed by atoms with E-state index in [0.717, 1.165) is 85.7 Å². The van der Waals surface area contributed by atoms with Gasteiger partial charge in [-0.2, -0.15) is 0 Å². The van der Waals surface area contributed by atoms with Crippen LogP contribution in [-0.2, 0) is 43.7 Å². The van der Waals surface area contributed by atoms with E-state index < -0.39 is 33.6 Å². The number of nitrogens with zero attached hydrogens (tertiary/aromatic N) is 1. The molecule has 268 valence electrons. The summed E-state index contributed by atoms with van der Waals surface area (Å²) < 4.78 is 34.4. The van der Waals surface area contributed by atoms with E-state index >= 15 is 0 Å². The van der Waals surface area contributed by atoms with E-state index in [4.69, 9.17) is 10.1 Å². The van der Waals surface area contributed by atoms with E-state index in [1.54, 1.807) is 38.1 Å². The number of carbonyl (C=O) groups is 3. The van der Waals surface area contributed by atoms with Gasteiger partial charge in [0.1, 0.15) is 11.6 Å². The van der Waals surface area contributed by atoms with Crippen molar-refractivity contribution < 1.29 is 27.5 Å². The number of benzene rings is 2. The summed E-state index contributed by atoms with van der Waals surface area (Å²) in [5.41, 5.74) is 1.81. The third-order valence-electron chi connectivity index (χ3n) is 9.55. The lowest BCUT2D eigenvalue weighted by molar-refractivity contribution is -0.134. The van der Waals surface area contributed by atoms with Crippen LogP contribution in [-0.4, -0.2) is 56.6 Å². The smallest absolute Gasteiger partial charge is 0.419 e. The van der Waals surface area contributed by atoms with Gasteiger partial charge in [-0.1, -0.05) is 95.7 Å². The van der Waals surface area contributed by atoms with Crippen molar-refractivity contribution in [3.05, 3.63) is 65.2 Å². The van der Waals surface area contributed by atoms with Crippen molar-refractivity contribution in [2.24, 2.45) is 11.8 Å². The second-order valence-corrected chi connectivity index (χ2v) is 15.6. The number of rotatable bonds is 17. The van der Waals surface area contributed by atoms with Gasteiger partial charge in [0.05, 0.1) is 24.4 Å². The standard InChI is InChI=1S/C37H53N5O6S/c1-4-5-6-12-21-48-36(45)42(26-38)32-19-17-28(18-20-32)24-39-35(44)37(22-30-15-10-11-16-31(30)23-37)40-34(43)33(27(2)3)41-49(46,47)25-29-13-8-7-9-14-29/h10-11,15-20,26-27,29,33,38,41H,4-9,12-14,21-25H2,1-3H3,(H,39,44)(H,40,43)/t33-/m1/s1. The zero-order valence-electron chi connectivity index (χ0n) is 29.1. The number of nitrogens with one attached hydrogen (secondary N) is 4. The predicted molar refractivity (Wildman–Crippen MR) is 192 cm³/mol. The van der Waals surface area contributed by atoms with Crippen LogP contribution in [0.2, 0.25) is 0 Å². The molecule has 3 amide bonds. The lowest BCUT2D eigenvalue weighted by Crippen LogP contribution is -2.63. The van der Waals surface area contributed by atoms with Crippen LogP contribution in [0.15, 0.2) is 48.5 Å². The summed E-state index contributed by atoms with van der Waals surface area (Å²) in [5.74, 6) is -1.17. The Morgan fingerprint density at radius 1 is 0.980 bits per heavy atom. The Bertz CT molecular complexity index is 1510. The molecule has 2 aliphatic carbocycles. The van der Waals surface area contributed by atoms with Crippen molar-refractivity contribution >= 4 is 40.0 Å². The Morgan fingerprint density at radius 2 is 1.63 bits per heavy atom. The van der Waals surface area contributed by atoms with Gasteiger partial charge in [0, 0.05) is 19.4 Å². The molecular formula is C37H53N5O6S. The predicted octanol–water partition coefficient (Wildman–Crippen LogP) is 5.61. The normalized spacial score (nSPS) is 16.4. The minimum Gasteiger partial charge on any atom is -0.449 e. The molecule has 2 aromatic rings. The highest BCUT2D eigenvalue weighted by Crippen LogP contribution is 2.31. The van der Waals surface area contributed by atoms with Crippen molar-refractivity contribution in [2.45, 2.75) is 110 Å². The highest BCUT2D eigenvalue weighted by molar-refractivity contribution is 7.89. The van der Waals surface area contributed by atoms with Crippen LogP contribution in [0.1, 0.15) is 95.2 Å². The maximum Gasteiger partial charge on any atom is 0.419 e. The number of carbonyl (C=O) groups excluding carboxylic acids is 3. The first kappa shape index (κ1) is 38.0. The Morgan fingerprint density at radius 3 is 2.22 bits per heavy atom. The number of hydrogen-bond acceptors (Lipinski definition) is 7. The van der Waals surface area contributed by atoms with E-state index in [9.17, 15) is 22.8 Å². The number of sulfonamides is 1. The molecule has 11 nitrogen and oxygen atoms in total. The number of amides is 3. The van der Waals surface area contributed by atoms with E-state index in [1.165, 1.54) is 0 Å². The highest BCUT2D eigenvalue weighted by atomic mass is 32.2. The maximum absolute atomic E-state index is 14.0. The second-order valence-electron chi connectivity index (χ2n) is 13.8. The Balaban J connectivity index is 1.43. The van der Waals surface area contributed by atoms with Crippen LogP contribution in [0.5, 0.6) is 0 Å². The average Bonchev–Trinajstić information content (AvgIpc) is 3.46. The molecule has 0 spiro atoms. The van der Waals surface area contributed by atoms with Gasteiger partial charge in [-0.25, -0.2) is 22.8 Å². The monoisotopic (exact) mass is 695 g/mol. The van der Waals surface area contributed by atoms with Gasteiger partial charge in [-0.05, 0) is 59.9 Å². The van der Waals surface area contributed by atoms with Crippen molar-refractivity contribution in [2.75, 3.05) is 17.3 Å². The van der Waals surface area contributed by atoms with Crippen LogP contribution in [0.3, 0.4) is 0 Å². The lowest BCUT2D eigenvalue weighted by Gasteiger charge is -2.32. The summed E-state index contributed by atoms with van der Waals surface area (Å²) in [7, 11) is -3.73. The molecule has 0 bridgehead atoms. The quantitative estimate of drug-likeness (QED) is 0.0957. The number of ether oxygens (including phenoxy) is 1. The second kappa shape index (κ2) is 17.8. The summed E-state index contributed by atoms with van der Waals surface area (Å²) in [5, 5.41) is 13.7. The highest BCUT2D eigenvalue weighted by Gasteiger charge is 2.46. The molecule has 4 rings (SSSR count). The minimum atomic E-state index is -3.73. The topological polar surface area (TPSA) is 158 Å². The number of hydrogen-bond donors (Lipinski definition) is 4. The van der Waals surface area contributed by atoms with E-state index in [2.05, 4.69) is 22.3 Å². The fourth-order valence-electron chi connectivity index (χ4n) is 6.75. The number of fused-ring (bicyclic) bond motifs is 1. The van der Waals surface area contributed by atoms with Crippen LogP contribution in [0, 0.1) is 17.2 Å². The third-order valence-corrected chi connectivity index (χ3v) is 11.1. The first-order valence-electron chi connectivity index (χ1n) is 17.7. The molecule has 1 fully saturated rings. The number of unbranched alkanes of at least 4 members (excludes halogenated alkanes) is 3. The van der Waals surface area contributed by atoms with Crippen LogP contribution in [0.25, 0.3) is 0 Å². The fourth-order valence-corrected chi connectivity index (χ4v) is 8.57. The van der Waals surface area contributed by atoms with Gasteiger partial charge in [0.15, 0.2) is 0 Å². The summed E-state index contributed by atoms with van der Waals surface area (Å²) in [6.45, 7) is 6.14. The number of anilines is 1. The largest absolute Gasteiger partial charge is 0.449 e. The Hall–Kier alpha value is -3.77. The summed E-state index contributed by atoms with van der Waals surface area (Å²) in [6, 6.07) is 13.5. The van der Waals surface area contributed by atoms with Gasteiger partial charge in [-0.3, -0.25) is 15.0 Å². The SMILES string of the molecule is CCCCCCOC(=O)N(C=N)c1ccc(CNC(=O)C2(NC(=O)[C@H](NS(=O)(=O)CC3CCCCC3)C(C)C)Cc3ccccc3C2)cc1. The maximum atomic E-state index is 14.0. The van der Waals surface area contributed by atoms with E-state index in [-0.39, 0.29) is 42.9 Å². The van der Waals surface area contributed by atoms with Crippen LogP contribution < -0.4 is 20.3 Å². The van der Waals surface area contributed by atoms with Crippen molar-refractivity contribution in [1.29, 1.82) is 5.41 Å². The third kappa shape index (κ3) is 10.6. The zero-order valence-corrected chi connectivity index (χ0v) is 29.9. The van der Waals surface area contributed by atoms with Crippen molar-refractivity contribution in [1.82, 2.24) is 15.4 Å². The first-order chi connectivity index (χ1) is 23.5. The van der Waals surface area contributed by atoms with Gasteiger partial charge in [0.2, 0.25) is 21.8 Å². The van der Waals surface area contributed by atoms with Crippen molar-refractivity contribution in [3.8, 4) is 0 Å². The summed E-state index contributed by atoms with van der Waals surface area (Å²) in [6.07, 6.45) is 9.64. The molecule has 49 heavy (non-hydrogen) atoms. The van der Waals surface area contributed by atoms with E-state index in [0.29, 0.717) is 12.3 Å². The lowest BCUT2D eigenvalue weighted by atomic mass is 9.91. The molecule has 0 aliphatic heterocycles. The first-order valence-corrected chi connectivity index (χ1v) is 19.3. The fraction of sp³-hybridized carbons (Fsp3) is 0.568. The van der Waals surface area contributed by atoms with Gasteiger partial charge >= 0.3 is 6.09 Å². The molecule has 0 radical (unpaired) electrons. The summed E-state index contributed by atoms with van der Waals surface area (Å²) in [4.78, 5) is 41.5. The molecule has 0 heterocycles. The molecule has 0 aromatic heterocycles. The molecule has 1 atom stereocenters. The van der Waals surface area contributed by atoms with Gasteiger partial charge < -0.3 is 15.4 Å². The van der Waals surface area contributed by atoms with Crippen LogP contribution in [0.4, 0.5) is 10.5 Å². The molecule has 2 aliphatic rings. The van der Waals surface area contributed by atoms with E-state index in [1.807, 2.05) is 24.3 Å². The van der Waals surface area contributed by atoms with Gasteiger partial charge in [-0.15, -0.1) is 0 Å². The Kier molecular flexibility index (Phi) is 13.8. The van der Waals surface area contributed by atoms with Gasteiger partial charge in [0.25, 0.3) is 0 Å². The average molecular weight is 696 g/mol. The molecule has 4 N–H and O–H groups in total. The molecule has 1 saturated carbocycles.